The second-order valence-electron chi connectivity index (χ2n) is 6.47. The van der Waals surface area contributed by atoms with Crippen molar-refractivity contribution >= 4 is 17.3 Å². The van der Waals surface area contributed by atoms with Crippen LogP contribution in [-0.4, -0.2) is 30.4 Å². The van der Waals surface area contributed by atoms with Crippen molar-refractivity contribution in [2.45, 2.75) is 33.6 Å². The second-order valence-corrected chi connectivity index (χ2v) is 6.47. The Hall–Kier alpha value is -1.55. The first-order valence-electron chi connectivity index (χ1n) is 7.84. The molecule has 2 rings (SSSR count). The molecule has 1 amide bonds. The number of benzene rings is 1. The first-order chi connectivity index (χ1) is 9.95. The zero-order chi connectivity index (χ0) is 15.4. The number of amides is 1. The van der Waals surface area contributed by atoms with Gasteiger partial charge in [0.1, 0.15) is 0 Å². The molecule has 0 radical (unpaired) electrons. The smallest absolute Gasteiger partial charge is 0.225 e. The molecule has 1 aliphatic rings. The average molecular weight is 289 g/mol. The maximum Gasteiger partial charge on any atom is 0.225 e. The molecule has 1 aliphatic heterocycles. The molecule has 0 bridgehead atoms. The van der Waals surface area contributed by atoms with Crippen LogP contribution >= 0.6 is 0 Å². The van der Waals surface area contributed by atoms with E-state index in [0.29, 0.717) is 6.42 Å². The van der Waals surface area contributed by atoms with Crippen LogP contribution in [-0.2, 0) is 4.79 Å². The fourth-order valence-electron chi connectivity index (χ4n) is 2.91. The number of nitrogen functional groups attached to an aromatic ring is 1. The van der Waals surface area contributed by atoms with Gasteiger partial charge in [0.25, 0.3) is 0 Å². The lowest BCUT2D eigenvalue weighted by Gasteiger charge is -2.17. The lowest BCUT2D eigenvalue weighted by molar-refractivity contribution is -0.116. The molecule has 116 valence electrons. The first kappa shape index (κ1) is 15.8. The van der Waals surface area contributed by atoms with E-state index in [1.165, 1.54) is 6.42 Å². The van der Waals surface area contributed by atoms with Crippen LogP contribution in [0.1, 0.15) is 32.3 Å². The number of carbonyl (C=O) groups excluding carboxylic acids is 1. The Morgan fingerprint density at radius 1 is 1.48 bits per heavy atom. The molecule has 1 heterocycles. The van der Waals surface area contributed by atoms with Gasteiger partial charge in [-0.05, 0) is 55.5 Å². The number of aryl methyl sites for hydroxylation is 1. The summed E-state index contributed by atoms with van der Waals surface area (Å²) in [5.74, 6) is 1.60. The molecule has 0 spiro atoms. The largest absolute Gasteiger partial charge is 0.399 e. The Bertz CT molecular complexity index is 499. The lowest BCUT2D eigenvalue weighted by Crippen LogP contribution is -2.26. The van der Waals surface area contributed by atoms with Gasteiger partial charge in [0.2, 0.25) is 5.91 Å². The maximum absolute atomic E-state index is 12.1. The minimum atomic E-state index is 0.0795. The van der Waals surface area contributed by atoms with E-state index in [1.807, 2.05) is 25.1 Å². The number of rotatable bonds is 5. The summed E-state index contributed by atoms with van der Waals surface area (Å²) in [6.07, 6.45) is 1.81. The summed E-state index contributed by atoms with van der Waals surface area (Å²) in [4.78, 5) is 14.5. The minimum absolute atomic E-state index is 0.0795. The highest BCUT2D eigenvalue weighted by molar-refractivity contribution is 5.91. The van der Waals surface area contributed by atoms with Crippen molar-refractivity contribution < 1.29 is 4.79 Å². The van der Waals surface area contributed by atoms with E-state index in [4.69, 9.17) is 5.73 Å². The molecule has 1 aromatic carbocycles. The minimum Gasteiger partial charge on any atom is -0.399 e. The van der Waals surface area contributed by atoms with Crippen LogP contribution in [0.5, 0.6) is 0 Å². The van der Waals surface area contributed by atoms with Gasteiger partial charge in [-0.3, -0.25) is 4.79 Å². The van der Waals surface area contributed by atoms with Gasteiger partial charge in [-0.15, -0.1) is 0 Å². The maximum atomic E-state index is 12.1. The molecule has 3 N–H and O–H groups in total. The van der Waals surface area contributed by atoms with Crippen molar-refractivity contribution in [2.75, 3.05) is 30.7 Å². The lowest BCUT2D eigenvalue weighted by atomic mass is 9.95. The number of hydrogen-bond acceptors (Lipinski definition) is 3. The van der Waals surface area contributed by atoms with E-state index in [0.717, 1.165) is 48.4 Å². The van der Waals surface area contributed by atoms with Gasteiger partial charge >= 0.3 is 0 Å². The molecule has 4 heteroatoms. The van der Waals surface area contributed by atoms with Crippen LogP contribution in [0.4, 0.5) is 11.4 Å². The van der Waals surface area contributed by atoms with Crippen molar-refractivity contribution in [1.29, 1.82) is 0 Å². The summed E-state index contributed by atoms with van der Waals surface area (Å²) >= 11 is 0. The zero-order valence-corrected chi connectivity index (χ0v) is 13.4. The summed E-state index contributed by atoms with van der Waals surface area (Å²) in [5.41, 5.74) is 8.30. The Balaban J connectivity index is 1.78. The Kier molecular flexibility index (Phi) is 5.23. The molecule has 1 unspecified atom stereocenters. The number of carbonyl (C=O) groups is 1. The Labute approximate surface area is 127 Å². The molecule has 0 aromatic heterocycles. The van der Waals surface area contributed by atoms with Crippen molar-refractivity contribution in [3.63, 3.8) is 0 Å². The highest BCUT2D eigenvalue weighted by Crippen LogP contribution is 2.23. The molecule has 4 nitrogen and oxygen atoms in total. The number of nitrogens with one attached hydrogen (secondary N) is 1. The quantitative estimate of drug-likeness (QED) is 0.819. The van der Waals surface area contributed by atoms with Crippen molar-refractivity contribution in [3.8, 4) is 0 Å². The molecule has 1 fully saturated rings. The SMILES string of the molecule is Cc1cc(N)ccc1NC(=O)CCN1CCC(C(C)C)C1. The molecular formula is C17H27N3O. The molecule has 0 saturated carbocycles. The van der Waals surface area contributed by atoms with Crippen LogP contribution in [0, 0.1) is 18.8 Å². The average Bonchev–Trinajstić information content (AvgIpc) is 2.89. The first-order valence-corrected chi connectivity index (χ1v) is 7.84. The molecule has 1 atom stereocenters. The van der Waals surface area contributed by atoms with Crippen molar-refractivity contribution in [2.24, 2.45) is 11.8 Å². The summed E-state index contributed by atoms with van der Waals surface area (Å²) in [5, 5.41) is 2.97. The summed E-state index contributed by atoms with van der Waals surface area (Å²) in [7, 11) is 0. The van der Waals surface area contributed by atoms with Gasteiger partial charge in [0.05, 0.1) is 0 Å². The highest BCUT2D eigenvalue weighted by atomic mass is 16.1. The molecule has 1 saturated heterocycles. The summed E-state index contributed by atoms with van der Waals surface area (Å²) < 4.78 is 0. The van der Waals surface area contributed by atoms with E-state index in [-0.39, 0.29) is 5.91 Å². The van der Waals surface area contributed by atoms with Crippen molar-refractivity contribution in [1.82, 2.24) is 4.90 Å². The number of anilines is 2. The Morgan fingerprint density at radius 3 is 2.86 bits per heavy atom. The molecule has 1 aromatic rings. The highest BCUT2D eigenvalue weighted by Gasteiger charge is 2.24. The number of nitrogens with zero attached hydrogens (tertiary/aromatic N) is 1. The van der Waals surface area contributed by atoms with Crippen LogP contribution in [0.2, 0.25) is 0 Å². The van der Waals surface area contributed by atoms with E-state index >= 15 is 0 Å². The van der Waals surface area contributed by atoms with Crippen molar-refractivity contribution in [3.05, 3.63) is 23.8 Å². The fraction of sp³-hybridized carbons (Fsp3) is 0.588. The third kappa shape index (κ3) is 4.46. The number of nitrogens with two attached hydrogens (primary N) is 1. The Morgan fingerprint density at radius 2 is 2.24 bits per heavy atom. The van der Waals surface area contributed by atoms with Gasteiger partial charge in [0, 0.05) is 30.9 Å². The van der Waals surface area contributed by atoms with E-state index in [1.54, 1.807) is 0 Å². The topological polar surface area (TPSA) is 58.4 Å². The van der Waals surface area contributed by atoms with Gasteiger partial charge in [0.15, 0.2) is 0 Å². The van der Waals surface area contributed by atoms with Crippen LogP contribution in [0.15, 0.2) is 18.2 Å². The van der Waals surface area contributed by atoms with E-state index < -0.39 is 0 Å². The van der Waals surface area contributed by atoms with Crippen LogP contribution in [0.25, 0.3) is 0 Å². The predicted molar refractivity (Wildman–Crippen MR) is 88.2 cm³/mol. The summed E-state index contributed by atoms with van der Waals surface area (Å²) in [6, 6.07) is 5.56. The van der Waals surface area contributed by atoms with E-state index in [2.05, 4.69) is 24.1 Å². The molecule has 0 aliphatic carbocycles. The van der Waals surface area contributed by atoms with Gasteiger partial charge in [-0.25, -0.2) is 0 Å². The standard InChI is InChI=1S/C17H27N3O/c1-12(2)14-6-8-20(11-14)9-7-17(21)19-16-5-4-15(18)10-13(16)3/h4-5,10,12,14H,6-9,11,18H2,1-3H3,(H,19,21). The fourth-order valence-corrected chi connectivity index (χ4v) is 2.91. The molecular weight excluding hydrogens is 262 g/mol. The normalized spacial score (nSPS) is 19.1. The molecule has 21 heavy (non-hydrogen) atoms. The number of hydrogen-bond donors (Lipinski definition) is 2. The number of likely N-dealkylation sites (tertiary alicyclic amines) is 1. The second kappa shape index (κ2) is 6.94. The third-order valence-electron chi connectivity index (χ3n) is 4.43. The van der Waals surface area contributed by atoms with Gasteiger partial charge < -0.3 is 16.0 Å². The summed E-state index contributed by atoms with van der Waals surface area (Å²) in [6.45, 7) is 9.63. The van der Waals surface area contributed by atoms with Crippen LogP contribution < -0.4 is 11.1 Å². The third-order valence-corrected chi connectivity index (χ3v) is 4.43. The van der Waals surface area contributed by atoms with Gasteiger partial charge in [-0.1, -0.05) is 13.8 Å². The predicted octanol–water partition coefficient (Wildman–Crippen LogP) is 2.88. The van der Waals surface area contributed by atoms with Crippen LogP contribution in [0.3, 0.4) is 0 Å². The monoisotopic (exact) mass is 289 g/mol. The van der Waals surface area contributed by atoms with Gasteiger partial charge in [-0.2, -0.15) is 0 Å². The van der Waals surface area contributed by atoms with E-state index in [9.17, 15) is 4.79 Å². The zero-order valence-electron chi connectivity index (χ0n) is 13.4.